The largest absolute Gasteiger partial charge is 0.332 e. The molecule has 3 heterocycles. The summed E-state index contributed by atoms with van der Waals surface area (Å²) in [6.07, 6.45) is 3.44. The second kappa shape index (κ2) is 8.02. The molecule has 3 aromatic rings. The zero-order chi connectivity index (χ0) is 21.4. The summed E-state index contributed by atoms with van der Waals surface area (Å²) in [5.41, 5.74) is 0.342. The Labute approximate surface area is 174 Å². The number of piperidine rings is 1. The number of carbonyl (C=O) groups is 1. The van der Waals surface area contributed by atoms with Gasteiger partial charge >= 0.3 is 5.69 Å². The van der Waals surface area contributed by atoms with Gasteiger partial charge in [0.1, 0.15) is 5.82 Å². The maximum Gasteiger partial charge on any atom is 0.332 e. The molecule has 8 heteroatoms. The number of rotatable bonds is 5. The van der Waals surface area contributed by atoms with E-state index in [-0.39, 0.29) is 12.3 Å². The van der Waals surface area contributed by atoms with E-state index in [2.05, 4.69) is 16.8 Å². The van der Waals surface area contributed by atoms with E-state index < -0.39 is 11.2 Å². The average Bonchev–Trinajstić information content (AvgIpc) is 3.11. The lowest BCUT2D eigenvalue weighted by Gasteiger charge is -2.33. The van der Waals surface area contributed by atoms with Crippen LogP contribution in [-0.4, -0.2) is 42.0 Å². The van der Waals surface area contributed by atoms with Gasteiger partial charge < -0.3 is 4.57 Å². The van der Waals surface area contributed by atoms with Gasteiger partial charge in [0.15, 0.2) is 16.9 Å². The van der Waals surface area contributed by atoms with Gasteiger partial charge in [0.2, 0.25) is 0 Å². The summed E-state index contributed by atoms with van der Waals surface area (Å²) in [5, 5.41) is 0. The number of aryl methyl sites for hydroxylation is 1. The molecular formula is C22H27N5O3. The summed E-state index contributed by atoms with van der Waals surface area (Å²) in [6, 6.07) is 9.43. The Morgan fingerprint density at radius 2 is 1.83 bits per heavy atom. The fourth-order valence-electron chi connectivity index (χ4n) is 4.22. The third-order valence-corrected chi connectivity index (χ3v) is 6.11. The van der Waals surface area contributed by atoms with Crippen LogP contribution >= 0.6 is 0 Å². The van der Waals surface area contributed by atoms with Crippen LogP contribution in [0.1, 0.15) is 42.4 Å². The maximum atomic E-state index is 13.0. The van der Waals surface area contributed by atoms with Gasteiger partial charge in [-0.05, 0) is 26.3 Å². The van der Waals surface area contributed by atoms with Crippen LogP contribution in [0.15, 0.2) is 39.9 Å². The van der Waals surface area contributed by atoms with Crippen molar-refractivity contribution >= 4 is 16.9 Å². The minimum atomic E-state index is -0.431. The zero-order valence-electron chi connectivity index (χ0n) is 17.7. The molecule has 0 radical (unpaired) electrons. The Morgan fingerprint density at radius 1 is 1.10 bits per heavy atom. The zero-order valence-corrected chi connectivity index (χ0v) is 17.7. The molecule has 0 saturated carbocycles. The highest BCUT2D eigenvalue weighted by molar-refractivity contribution is 5.96. The third-order valence-electron chi connectivity index (χ3n) is 6.11. The predicted octanol–water partition coefficient (Wildman–Crippen LogP) is 1.69. The van der Waals surface area contributed by atoms with Crippen molar-refractivity contribution in [3.05, 3.63) is 62.6 Å². The molecule has 0 bridgehead atoms. The van der Waals surface area contributed by atoms with Crippen molar-refractivity contribution in [2.45, 2.75) is 45.3 Å². The normalized spacial score (nSPS) is 17.5. The molecule has 158 valence electrons. The molecule has 0 spiro atoms. The van der Waals surface area contributed by atoms with Crippen LogP contribution in [0.3, 0.4) is 0 Å². The highest BCUT2D eigenvalue weighted by Gasteiger charge is 2.25. The average molecular weight is 409 g/mol. The summed E-state index contributed by atoms with van der Waals surface area (Å²) in [6.45, 7) is 3.69. The molecule has 1 aliphatic rings. The van der Waals surface area contributed by atoms with Crippen molar-refractivity contribution in [3.8, 4) is 0 Å². The van der Waals surface area contributed by atoms with Crippen LogP contribution < -0.4 is 11.2 Å². The summed E-state index contributed by atoms with van der Waals surface area (Å²) >= 11 is 0. The summed E-state index contributed by atoms with van der Waals surface area (Å²) in [5.74, 6) is 0.542. The molecule has 2 aromatic heterocycles. The molecule has 1 fully saturated rings. The van der Waals surface area contributed by atoms with Gasteiger partial charge in [-0.15, -0.1) is 0 Å². The number of likely N-dealkylation sites (tertiary alicyclic amines) is 1. The smallest absolute Gasteiger partial charge is 0.313 e. The molecule has 30 heavy (non-hydrogen) atoms. The summed E-state index contributed by atoms with van der Waals surface area (Å²) < 4.78 is 4.15. The van der Waals surface area contributed by atoms with E-state index in [4.69, 9.17) is 0 Å². The van der Waals surface area contributed by atoms with Crippen molar-refractivity contribution in [3.63, 3.8) is 0 Å². The minimum Gasteiger partial charge on any atom is -0.313 e. The quantitative estimate of drug-likeness (QED) is 0.599. The fourth-order valence-corrected chi connectivity index (χ4v) is 4.22. The number of nitrogens with zero attached hydrogens (tertiary/aromatic N) is 5. The van der Waals surface area contributed by atoms with E-state index >= 15 is 0 Å². The van der Waals surface area contributed by atoms with E-state index in [1.807, 2.05) is 18.2 Å². The fraction of sp³-hybridized carbons (Fsp3) is 0.455. The van der Waals surface area contributed by atoms with Crippen LogP contribution in [0.2, 0.25) is 0 Å². The summed E-state index contributed by atoms with van der Waals surface area (Å²) in [7, 11) is 3.06. The predicted molar refractivity (Wildman–Crippen MR) is 115 cm³/mol. The molecule has 1 aliphatic heterocycles. The maximum absolute atomic E-state index is 13.0. The molecule has 0 amide bonds. The SMILES string of the molecule is CC1CCCCN1Cc1nc2c(c(=O)n(C)c(=O)n2C)n1CC(=O)c1ccccc1. The van der Waals surface area contributed by atoms with E-state index in [1.54, 1.807) is 23.7 Å². The van der Waals surface area contributed by atoms with E-state index in [0.717, 1.165) is 24.0 Å². The monoisotopic (exact) mass is 409 g/mol. The van der Waals surface area contributed by atoms with E-state index in [1.165, 1.54) is 18.0 Å². The number of aromatic nitrogens is 4. The Bertz CT molecular complexity index is 1210. The lowest BCUT2D eigenvalue weighted by atomic mass is 10.0. The first kappa shape index (κ1) is 20.3. The van der Waals surface area contributed by atoms with Crippen molar-refractivity contribution in [2.24, 2.45) is 14.1 Å². The highest BCUT2D eigenvalue weighted by Crippen LogP contribution is 2.21. The van der Waals surface area contributed by atoms with Crippen molar-refractivity contribution < 1.29 is 4.79 Å². The van der Waals surface area contributed by atoms with Crippen LogP contribution in [0, 0.1) is 0 Å². The number of Topliss-reactive ketones (excluding diaryl/α,β-unsaturated/α-hetero) is 1. The number of carbonyl (C=O) groups excluding carboxylic acids is 1. The molecule has 1 unspecified atom stereocenters. The number of benzene rings is 1. The van der Waals surface area contributed by atoms with Gasteiger partial charge in [0.25, 0.3) is 5.56 Å². The number of imidazole rings is 1. The second-order valence-corrected chi connectivity index (χ2v) is 8.10. The number of hydrogen-bond donors (Lipinski definition) is 0. The standard InChI is InChI=1S/C22H27N5O3/c1-15-9-7-8-12-26(15)14-18-23-20-19(21(29)25(3)22(30)24(20)2)27(18)13-17(28)16-10-5-4-6-11-16/h4-6,10-11,15H,7-9,12-14H2,1-3H3. The van der Waals surface area contributed by atoms with Crippen LogP contribution in [0.4, 0.5) is 0 Å². The van der Waals surface area contributed by atoms with Gasteiger partial charge in [-0.25, -0.2) is 9.78 Å². The lowest BCUT2D eigenvalue weighted by Crippen LogP contribution is -2.38. The first-order chi connectivity index (χ1) is 14.4. The Morgan fingerprint density at radius 3 is 2.53 bits per heavy atom. The van der Waals surface area contributed by atoms with Crippen LogP contribution in [0.25, 0.3) is 11.2 Å². The lowest BCUT2D eigenvalue weighted by molar-refractivity contribution is 0.0968. The number of hydrogen-bond acceptors (Lipinski definition) is 5. The van der Waals surface area contributed by atoms with Crippen molar-refractivity contribution in [1.29, 1.82) is 0 Å². The van der Waals surface area contributed by atoms with E-state index in [0.29, 0.717) is 35.1 Å². The molecule has 1 atom stereocenters. The van der Waals surface area contributed by atoms with Gasteiger partial charge in [0, 0.05) is 25.7 Å². The van der Waals surface area contributed by atoms with Crippen molar-refractivity contribution in [2.75, 3.05) is 6.54 Å². The third kappa shape index (κ3) is 3.52. The van der Waals surface area contributed by atoms with E-state index in [9.17, 15) is 14.4 Å². The van der Waals surface area contributed by atoms with Crippen LogP contribution in [-0.2, 0) is 27.2 Å². The molecule has 0 N–H and O–H groups in total. The first-order valence-corrected chi connectivity index (χ1v) is 10.4. The molecule has 8 nitrogen and oxygen atoms in total. The molecule has 1 aromatic carbocycles. The number of fused-ring (bicyclic) bond motifs is 1. The first-order valence-electron chi connectivity index (χ1n) is 10.4. The molecule has 4 rings (SSSR count). The minimum absolute atomic E-state index is 0.00547. The summed E-state index contributed by atoms with van der Waals surface area (Å²) in [4.78, 5) is 45.4. The van der Waals surface area contributed by atoms with Crippen LogP contribution in [0.5, 0.6) is 0 Å². The van der Waals surface area contributed by atoms with Gasteiger partial charge in [-0.3, -0.25) is 23.6 Å². The van der Waals surface area contributed by atoms with Gasteiger partial charge in [0.05, 0.1) is 13.1 Å². The molecular weight excluding hydrogens is 382 g/mol. The molecule has 1 saturated heterocycles. The van der Waals surface area contributed by atoms with Gasteiger partial charge in [-0.2, -0.15) is 0 Å². The van der Waals surface area contributed by atoms with Gasteiger partial charge in [-0.1, -0.05) is 36.8 Å². The number of ketones is 1. The Balaban J connectivity index is 1.85. The Kier molecular flexibility index (Phi) is 5.42. The molecule has 0 aliphatic carbocycles. The Hall–Kier alpha value is -3.00. The highest BCUT2D eigenvalue weighted by atomic mass is 16.2. The van der Waals surface area contributed by atoms with Crippen molar-refractivity contribution in [1.82, 2.24) is 23.6 Å². The topological polar surface area (TPSA) is 82.1 Å². The second-order valence-electron chi connectivity index (χ2n) is 8.10.